The number of urea groups is 1. The largest absolute Gasteiger partial charge is 0.478 e. The molecule has 5 nitrogen and oxygen atoms in total. The van der Waals surface area contributed by atoms with E-state index in [0.29, 0.717) is 24.4 Å². The van der Waals surface area contributed by atoms with Crippen LogP contribution in [0.1, 0.15) is 41.6 Å². The van der Waals surface area contributed by atoms with Gasteiger partial charge in [0.2, 0.25) is 0 Å². The molecule has 112 valence electrons. The number of aromatic carboxylic acids is 1. The minimum absolute atomic E-state index is 0.153. The van der Waals surface area contributed by atoms with Crippen LogP contribution in [0.15, 0.2) is 24.3 Å². The monoisotopic (exact) mass is 288 g/mol. The van der Waals surface area contributed by atoms with Crippen molar-refractivity contribution in [3.63, 3.8) is 0 Å². The molecule has 2 saturated carbocycles. The Labute approximate surface area is 123 Å². The van der Waals surface area contributed by atoms with Gasteiger partial charge < -0.3 is 15.7 Å². The van der Waals surface area contributed by atoms with Crippen LogP contribution in [-0.2, 0) is 6.54 Å². The summed E-state index contributed by atoms with van der Waals surface area (Å²) in [7, 11) is 0. The molecule has 0 atom stereocenters. The number of hydrogen-bond donors (Lipinski definition) is 3. The summed E-state index contributed by atoms with van der Waals surface area (Å²) in [5.41, 5.74) is 1.03. The van der Waals surface area contributed by atoms with Gasteiger partial charge in [-0.25, -0.2) is 9.59 Å². The third-order valence-electron chi connectivity index (χ3n) is 4.18. The molecule has 0 heterocycles. The summed E-state index contributed by atoms with van der Waals surface area (Å²) in [5.74, 6) is 0.376. The molecule has 0 saturated heterocycles. The fourth-order valence-electron chi connectivity index (χ4n) is 2.73. The average Bonchev–Trinajstić information content (AvgIpc) is 3.36. The lowest BCUT2D eigenvalue weighted by molar-refractivity contribution is 0.0696. The molecule has 2 fully saturated rings. The Hall–Kier alpha value is -2.04. The fraction of sp³-hybridized carbons (Fsp3) is 0.500. The molecule has 5 heteroatoms. The van der Waals surface area contributed by atoms with Gasteiger partial charge in [-0.1, -0.05) is 12.1 Å². The molecule has 2 aliphatic rings. The molecule has 3 rings (SSSR count). The summed E-state index contributed by atoms with van der Waals surface area (Å²) in [6.45, 7) is 0.342. The first-order chi connectivity index (χ1) is 10.1. The Kier molecular flexibility index (Phi) is 3.82. The molecular weight excluding hydrogens is 268 g/mol. The van der Waals surface area contributed by atoms with Gasteiger partial charge in [0.1, 0.15) is 0 Å². The van der Waals surface area contributed by atoms with Gasteiger partial charge in [-0.2, -0.15) is 0 Å². The Morgan fingerprint density at radius 2 is 1.86 bits per heavy atom. The standard InChI is InChI=1S/C16H20N2O3/c19-15(20)13-3-1-2-10(8-13)9-17-16(21)18-14(11-4-5-11)12-6-7-12/h1-3,8,11-12,14H,4-7,9H2,(H,19,20)(H2,17,18,21). The molecule has 2 aliphatic carbocycles. The number of carbonyl (C=O) groups is 2. The van der Waals surface area contributed by atoms with Gasteiger partial charge in [-0.3, -0.25) is 0 Å². The predicted molar refractivity (Wildman–Crippen MR) is 78.0 cm³/mol. The molecule has 0 bridgehead atoms. The van der Waals surface area contributed by atoms with Crippen LogP contribution in [0.3, 0.4) is 0 Å². The Morgan fingerprint density at radius 1 is 1.19 bits per heavy atom. The van der Waals surface area contributed by atoms with Crippen molar-refractivity contribution in [3.8, 4) is 0 Å². The van der Waals surface area contributed by atoms with Crippen LogP contribution >= 0.6 is 0 Å². The van der Waals surface area contributed by atoms with Crippen molar-refractivity contribution in [2.75, 3.05) is 0 Å². The predicted octanol–water partition coefficient (Wildman–Crippen LogP) is 2.37. The van der Waals surface area contributed by atoms with Crippen LogP contribution in [0.2, 0.25) is 0 Å². The van der Waals surface area contributed by atoms with E-state index in [1.165, 1.54) is 25.7 Å². The number of amides is 2. The number of carboxylic acids is 1. The molecule has 1 aromatic carbocycles. The number of rotatable bonds is 6. The number of carboxylic acid groups (broad SMARTS) is 1. The van der Waals surface area contributed by atoms with Gasteiger partial charge in [0, 0.05) is 12.6 Å². The molecule has 0 radical (unpaired) electrons. The lowest BCUT2D eigenvalue weighted by atomic mass is 10.1. The summed E-state index contributed by atoms with van der Waals surface area (Å²) in [6, 6.07) is 6.81. The number of carbonyl (C=O) groups excluding carboxylic acids is 1. The maximum absolute atomic E-state index is 12.0. The molecule has 0 spiro atoms. The van der Waals surface area contributed by atoms with Crippen molar-refractivity contribution < 1.29 is 14.7 Å². The minimum Gasteiger partial charge on any atom is -0.478 e. The van der Waals surface area contributed by atoms with Crippen LogP contribution < -0.4 is 10.6 Å². The summed E-state index contributed by atoms with van der Waals surface area (Å²) in [6.07, 6.45) is 4.90. The summed E-state index contributed by atoms with van der Waals surface area (Å²) in [5, 5.41) is 14.8. The van der Waals surface area contributed by atoms with E-state index in [0.717, 1.165) is 5.56 Å². The van der Waals surface area contributed by atoms with E-state index < -0.39 is 5.97 Å². The highest BCUT2D eigenvalue weighted by Gasteiger charge is 2.42. The van der Waals surface area contributed by atoms with E-state index in [2.05, 4.69) is 10.6 Å². The molecule has 0 unspecified atom stereocenters. The van der Waals surface area contributed by atoms with E-state index in [1.54, 1.807) is 18.2 Å². The highest BCUT2D eigenvalue weighted by molar-refractivity contribution is 5.87. The first kappa shape index (κ1) is 13.9. The highest BCUT2D eigenvalue weighted by Crippen LogP contribution is 2.44. The molecule has 21 heavy (non-hydrogen) atoms. The van der Waals surface area contributed by atoms with Crippen LogP contribution in [0, 0.1) is 11.8 Å². The Morgan fingerprint density at radius 3 is 2.43 bits per heavy atom. The molecule has 2 amide bonds. The lowest BCUT2D eigenvalue weighted by Gasteiger charge is -2.18. The van der Waals surface area contributed by atoms with Crippen LogP contribution in [0.5, 0.6) is 0 Å². The van der Waals surface area contributed by atoms with Gasteiger partial charge in [0.25, 0.3) is 0 Å². The van der Waals surface area contributed by atoms with E-state index in [-0.39, 0.29) is 11.6 Å². The second-order valence-electron chi connectivity index (χ2n) is 6.03. The summed E-state index contributed by atoms with van der Waals surface area (Å²) < 4.78 is 0. The zero-order chi connectivity index (χ0) is 14.8. The second kappa shape index (κ2) is 5.76. The van der Waals surface area contributed by atoms with Crippen molar-refractivity contribution in [2.45, 2.75) is 38.3 Å². The molecule has 1 aromatic rings. The SMILES string of the molecule is O=C(NCc1cccc(C(=O)O)c1)NC(C1CC1)C1CC1. The summed E-state index contributed by atoms with van der Waals surface area (Å²) >= 11 is 0. The number of hydrogen-bond acceptors (Lipinski definition) is 2. The van der Waals surface area contributed by atoms with Crippen LogP contribution in [0.4, 0.5) is 4.79 Å². The van der Waals surface area contributed by atoms with Crippen molar-refractivity contribution in [1.82, 2.24) is 10.6 Å². The smallest absolute Gasteiger partial charge is 0.335 e. The third-order valence-corrected chi connectivity index (χ3v) is 4.18. The van der Waals surface area contributed by atoms with Crippen molar-refractivity contribution in [2.24, 2.45) is 11.8 Å². The van der Waals surface area contributed by atoms with Crippen molar-refractivity contribution in [3.05, 3.63) is 35.4 Å². The second-order valence-corrected chi connectivity index (χ2v) is 6.03. The zero-order valence-corrected chi connectivity index (χ0v) is 11.8. The Bertz CT molecular complexity index is 538. The van der Waals surface area contributed by atoms with Crippen LogP contribution in [0.25, 0.3) is 0 Å². The van der Waals surface area contributed by atoms with Gasteiger partial charge in [0.15, 0.2) is 0 Å². The van der Waals surface area contributed by atoms with Crippen molar-refractivity contribution in [1.29, 1.82) is 0 Å². The average molecular weight is 288 g/mol. The van der Waals surface area contributed by atoms with E-state index >= 15 is 0 Å². The maximum Gasteiger partial charge on any atom is 0.335 e. The number of nitrogens with one attached hydrogen (secondary N) is 2. The minimum atomic E-state index is -0.955. The maximum atomic E-state index is 12.0. The van der Waals surface area contributed by atoms with Gasteiger partial charge in [0.05, 0.1) is 5.56 Å². The first-order valence-electron chi connectivity index (χ1n) is 7.50. The first-order valence-corrected chi connectivity index (χ1v) is 7.50. The van der Waals surface area contributed by atoms with Crippen molar-refractivity contribution >= 4 is 12.0 Å². The molecular formula is C16H20N2O3. The molecule has 0 aliphatic heterocycles. The molecule has 0 aromatic heterocycles. The fourth-order valence-corrected chi connectivity index (χ4v) is 2.73. The normalized spacial score (nSPS) is 17.6. The van der Waals surface area contributed by atoms with Gasteiger partial charge in [-0.15, -0.1) is 0 Å². The van der Waals surface area contributed by atoms with Gasteiger partial charge in [-0.05, 0) is 55.2 Å². The summed E-state index contributed by atoms with van der Waals surface area (Å²) in [4.78, 5) is 22.9. The zero-order valence-electron chi connectivity index (χ0n) is 11.8. The number of benzene rings is 1. The lowest BCUT2D eigenvalue weighted by Crippen LogP contribution is -2.44. The highest BCUT2D eigenvalue weighted by atomic mass is 16.4. The van der Waals surface area contributed by atoms with Crippen LogP contribution in [-0.4, -0.2) is 23.1 Å². The Balaban J connectivity index is 1.51. The van der Waals surface area contributed by atoms with E-state index in [9.17, 15) is 9.59 Å². The molecule has 3 N–H and O–H groups in total. The topological polar surface area (TPSA) is 78.4 Å². The third kappa shape index (κ3) is 3.74. The van der Waals surface area contributed by atoms with E-state index in [4.69, 9.17) is 5.11 Å². The van der Waals surface area contributed by atoms with E-state index in [1.807, 2.05) is 6.07 Å². The van der Waals surface area contributed by atoms with Gasteiger partial charge >= 0.3 is 12.0 Å². The quantitative estimate of drug-likeness (QED) is 0.752.